The van der Waals surface area contributed by atoms with E-state index in [9.17, 15) is 0 Å². The van der Waals surface area contributed by atoms with Gasteiger partial charge >= 0.3 is 0 Å². The highest BCUT2D eigenvalue weighted by atomic mass is 16.5. The van der Waals surface area contributed by atoms with Gasteiger partial charge in [0.15, 0.2) is 0 Å². The van der Waals surface area contributed by atoms with E-state index >= 15 is 0 Å². The van der Waals surface area contributed by atoms with E-state index in [1.807, 2.05) is 13.8 Å². The molecule has 3 heterocycles. The fraction of sp³-hybridized carbons (Fsp3) is 0.269. The van der Waals surface area contributed by atoms with E-state index in [1.165, 1.54) is 19.3 Å². The van der Waals surface area contributed by atoms with Crippen LogP contribution < -0.4 is 5.73 Å². The third kappa shape index (κ3) is 3.21. The molecular weight excluding hydrogens is 384 g/mol. The summed E-state index contributed by atoms with van der Waals surface area (Å²) in [5.41, 5.74) is 14.9. The summed E-state index contributed by atoms with van der Waals surface area (Å²) in [6.45, 7) is 14.5. The van der Waals surface area contributed by atoms with Gasteiger partial charge in [-0.1, -0.05) is 30.4 Å². The highest BCUT2D eigenvalue weighted by molar-refractivity contribution is 6.12. The van der Waals surface area contributed by atoms with E-state index in [-0.39, 0.29) is 0 Å². The lowest BCUT2D eigenvalue weighted by Crippen LogP contribution is -2.27. The summed E-state index contributed by atoms with van der Waals surface area (Å²) in [4.78, 5) is 5.99. The summed E-state index contributed by atoms with van der Waals surface area (Å²) >= 11 is 0. The Morgan fingerprint density at radius 1 is 1.06 bits per heavy atom. The van der Waals surface area contributed by atoms with Crippen molar-refractivity contribution in [3.63, 3.8) is 0 Å². The molecule has 2 aromatic carbocycles. The highest BCUT2D eigenvalue weighted by Crippen LogP contribution is 2.37. The minimum absolute atomic E-state index is 0.531. The van der Waals surface area contributed by atoms with Crippen LogP contribution in [-0.2, 0) is 0 Å². The standard InChI is InChI=1S/C26H28N4O/c1-15(27)22-12-20(25-16(2)29-31-18(25)4)13-23-21-9-8-19(14-24(21)28-26(22)23)17(3)30-10-6-5-7-11-30/h8-9,12-14,28H,1,3,5-7,10-11,27H2,2,4H3. The fourth-order valence-corrected chi connectivity index (χ4v) is 4.83. The molecule has 5 rings (SSSR count). The molecule has 0 atom stereocenters. The molecule has 4 aromatic rings. The minimum atomic E-state index is 0.531. The van der Waals surface area contributed by atoms with E-state index in [0.717, 1.165) is 74.3 Å². The molecule has 1 saturated heterocycles. The van der Waals surface area contributed by atoms with Crippen molar-refractivity contribution in [3.8, 4) is 11.1 Å². The monoisotopic (exact) mass is 412 g/mol. The number of piperidine rings is 1. The number of hydrogen-bond acceptors (Lipinski definition) is 4. The third-order valence-electron chi connectivity index (χ3n) is 6.45. The van der Waals surface area contributed by atoms with Gasteiger partial charge in [0.25, 0.3) is 0 Å². The van der Waals surface area contributed by atoms with Crippen LogP contribution >= 0.6 is 0 Å². The van der Waals surface area contributed by atoms with Gasteiger partial charge in [-0.3, -0.25) is 0 Å². The van der Waals surface area contributed by atoms with Gasteiger partial charge in [-0.05, 0) is 62.4 Å². The summed E-state index contributed by atoms with van der Waals surface area (Å²) in [6, 6.07) is 10.8. The molecule has 31 heavy (non-hydrogen) atoms. The maximum Gasteiger partial charge on any atom is 0.141 e. The number of benzene rings is 2. The Hall–Kier alpha value is -3.47. The Balaban J connectivity index is 1.68. The zero-order chi connectivity index (χ0) is 21.7. The molecule has 5 heteroatoms. The van der Waals surface area contributed by atoms with Crippen molar-refractivity contribution >= 4 is 33.2 Å². The molecule has 2 aromatic heterocycles. The van der Waals surface area contributed by atoms with E-state index in [4.69, 9.17) is 10.3 Å². The topological polar surface area (TPSA) is 71.1 Å². The van der Waals surface area contributed by atoms with Crippen LogP contribution in [0.5, 0.6) is 0 Å². The number of nitrogens with one attached hydrogen (secondary N) is 1. The number of H-pyrrole nitrogens is 1. The van der Waals surface area contributed by atoms with Gasteiger partial charge in [0.05, 0.1) is 11.2 Å². The van der Waals surface area contributed by atoms with Crippen molar-refractivity contribution < 1.29 is 4.52 Å². The second kappa shape index (κ2) is 7.34. The average molecular weight is 413 g/mol. The van der Waals surface area contributed by atoms with Crippen LogP contribution in [-0.4, -0.2) is 28.1 Å². The van der Waals surface area contributed by atoms with Gasteiger partial charge in [0.1, 0.15) is 5.76 Å². The number of nitrogens with zero attached hydrogens (tertiary/aromatic N) is 2. The molecule has 1 aliphatic rings. The average Bonchev–Trinajstić information content (AvgIpc) is 3.31. The zero-order valence-electron chi connectivity index (χ0n) is 18.2. The number of nitrogens with two attached hydrogens (primary N) is 1. The lowest BCUT2D eigenvalue weighted by Gasteiger charge is -2.30. The SMILES string of the molecule is C=C(N)c1cc(-c2c(C)noc2C)cc2c1[nH]c1cc(C(=C)N3CCCCC3)ccc12. The summed E-state index contributed by atoms with van der Waals surface area (Å²) in [5.74, 6) is 0.797. The minimum Gasteiger partial charge on any atom is -0.399 e. The summed E-state index contributed by atoms with van der Waals surface area (Å²) in [7, 11) is 0. The number of rotatable bonds is 4. The summed E-state index contributed by atoms with van der Waals surface area (Å²) in [6.07, 6.45) is 3.78. The van der Waals surface area contributed by atoms with E-state index in [1.54, 1.807) is 0 Å². The molecule has 1 fully saturated rings. The molecule has 0 unspecified atom stereocenters. The molecular formula is C26H28N4O. The lowest BCUT2D eigenvalue weighted by atomic mass is 9.97. The first-order valence-corrected chi connectivity index (χ1v) is 10.9. The number of aromatic nitrogens is 2. The Labute approximate surface area is 182 Å². The predicted molar refractivity (Wildman–Crippen MR) is 128 cm³/mol. The smallest absolute Gasteiger partial charge is 0.141 e. The van der Waals surface area contributed by atoms with Gasteiger partial charge in [-0.15, -0.1) is 0 Å². The largest absolute Gasteiger partial charge is 0.399 e. The molecule has 0 spiro atoms. The van der Waals surface area contributed by atoms with Gasteiger partial charge in [-0.2, -0.15) is 0 Å². The first-order valence-electron chi connectivity index (χ1n) is 10.9. The second-order valence-corrected chi connectivity index (χ2v) is 8.55. The first kappa shape index (κ1) is 19.5. The van der Waals surface area contributed by atoms with Crippen molar-refractivity contribution in [3.05, 3.63) is 66.1 Å². The molecule has 158 valence electrons. The second-order valence-electron chi connectivity index (χ2n) is 8.55. The van der Waals surface area contributed by atoms with Crippen molar-refractivity contribution in [1.82, 2.24) is 15.0 Å². The molecule has 0 amide bonds. The number of likely N-dealkylation sites (tertiary alicyclic amines) is 1. The maximum atomic E-state index is 6.20. The Bertz CT molecular complexity index is 1320. The Kier molecular flexibility index (Phi) is 4.62. The Morgan fingerprint density at radius 2 is 1.84 bits per heavy atom. The number of aryl methyl sites for hydroxylation is 2. The highest BCUT2D eigenvalue weighted by Gasteiger charge is 2.18. The summed E-state index contributed by atoms with van der Waals surface area (Å²) < 4.78 is 5.40. The van der Waals surface area contributed by atoms with Gasteiger partial charge < -0.3 is 20.1 Å². The van der Waals surface area contributed by atoms with Crippen LogP contribution in [0.25, 0.3) is 44.3 Å². The summed E-state index contributed by atoms with van der Waals surface area (Å²) in [5, 5.41) is 6.39. The molecule has 0 saturated carbocycles. The lowest BCUT2D eigenvalue weighted by molar-refractivity contribution is 0.326. The van der Waals surface area contributed by atoms with Crippen LogP contribution in [0, 0.1) is 13.8 Å². The molecule has 5 nitrogen and oxygen atoms in total. The van der Waals surface area contributed by atoms with Crippen LogP contribution in [0.2, 0.25) is 0 Å². The first-order chi connectivity index (χ1) is 14.9. The maximum absolute atomic E-state index is 6.20. The number of aromatic amines is 1. The van der Waals surface area contributed by atoms with Crippen LogP contribution in [0.4, 0.5) is 0 Å². The number of hydrogen-bond donors (Lipinski definition) is 2. The van der Waals surface area contributed by atoms with Crippen molar-refractivity contribution in [2.75, 3.05) is 13.1 Å². The molecule has 3 N–H and O–H groups in total. The molecule has 0 bridgehead atoms. The van der Waals surface area contributed by atoms with Gasteiger partial charge in [-0.25, -0.2) is 0 Å². The quantitative estimate of drug-likeness (QED) is 0.433. The van der Waals surface area contributed by atoms with Crippen LogP contribution in [0.1, 0.15) is 41.8 Å². The normalized spacial score (nSPS) is 14.5. The van der Waals surface area contributed by atoms with Gasteiger partial charge in [0.2, 0.25) is 0 Å². The predicted octanol–water partition coefficient (Wildman–Crippen LogP) is 5.98. The molecule has 1 aliphatic heterocycles. The number of fused-ring (bicyclic) bond motifs is 3. The molecule has 0 aliphatic carbocycles. The van der Waals surface area contributed by atoms with E-state index < -0.39 is 0 Å². The fourth-order valence-electron chi connectivity index (χ4n) is 4.83. The van der Waals surface area contributed by atoms with Crippen LogP contribution in [0.3, 0.4) is 0 Å². The van der Waals surface area contributed by atoms with Crippen molar-refractivity contribution in [2.24, 2.45) is 5.73 Å². The van der Waals surface area contributed by atoms with Crippen molar-refractivity contribution in [2.45, 2.75) is 33.1 Å². The zero-order valence-corrected chi connectivity index (χ0v) is 18.2. The van der Waals surface area contributed by atoms with E-state index in [0.29, 0.717) is 5.70 Å². The van der Waals surface area contributed by atoms with Crippen LogP contribution in [0.15, 0.2) is 48.0 Å². The third-order valence-corrected chi connectivity index (χ3v) is 6.45. The van der Waals surface area contributed by atoms with Gasteiger partial charge in [0, 0.05) is 51.9 Å². The van der Waals surface area contributed by atoms with Crippen molar-refractivity contribution in [1.29, 1.82) is 0 Å². The molecule has 0 radical (unpaired) electrons. The Morgan fingerprint density at radius 3 is 2.52 bits per heavy atom. The van der Waals surface area contributed by atoms with E-state index in [2.05, 4.69) is 58.5 Å².